The van der Waals surface area contributed by atoms with Gasteiger partial charge in [0.25, 0.3) is 0 Å². The van der Waals surface area contributed by atoms with Crippen LogP contribution in [0.4, 0.5) is 0 Å². The number of esters is 4. The maximum Gasteiger partial charge on any atom is 0.331 e. The summed E-state index contributed by atoms with van der Waals surface area (Å²) < 4.78 is 54.7. The van der Waals surface area contributed by atoms with Crippen LogP contribution in [0.2, 0.25) is 0 Å². The van der Waals surface area contributed by atoms with Crippen molar-refractivity contribution in [3.63, 3.8) is 0 Å². The van der Waals surface area contributed by atoms with Gasteiger partial charge in [0.15, 0.2) is 52.8 Å². The molecule has 5 rings (SSSR count). The first-order valence-corrected chi connectivity index (χ1v) is 19.5. The Hall–Kier alpha value is -6.72. The molecule has 3 aromatic carbocycles. The molecule has 21 heteroatoms. The minimum Gasteiger partial charge on any atom is -0.504 e. The molecule has 2 saturated heterocycles. The van der Waals surface area contributed by atoms with E-state index in [1.54, 1.807) is 0 Å². The minimum absolute atomic E-state index is 0.0876. The van der Waals surface area contributed by atoms with Crippen LogP contribution in [0.5, 0.6) is 34.5 Å². The fourth-order valence-corrected chi connectivity index (χ4v) is 6.63. The number of benzene rings is 3. The molecule has 350 valence electrons. The summed E-state index contributed by atoms with van der Waals surface area (Å²) in [6.07, 6.45) is -8.01. The van der Waals surface area contributed by atoms with Crippen molar-refractivity contribution in [3.8, 4) is 34.5 Å². The lowest BCUT2D eigenvalue weighted by molar-refractivity contribution is -0.383. The summed E-state index contributed by atoms with van der Waals surface area (Å²) in [5.41, 5.74) is 1.21. The number of carbonyl (C=O) groups is 4. The number of methoxy groups -OCH3 is 3. The molecule has 0 amide bonds. The van der Waals surface area contributed by atoms with Crippen LogP contribution in [0, 0.1) is 0 Å². The van der Waals surface area contributed by atoms with E-state index < -0.39 is 98.5 Å². The number of hydrogen-bond acceptors (Lipinski definition) is 21. The first-order valence-electron chi connectivity index (χ1n) is 19.5. The first kappa shape index (κ1) is 49.3. The normalized spacial score (nSPS) is 25.4. The second-order valence-electron chi connectivity index (χ2n) is 14.2. The van der Waals surface area contributed by atoms with Crippen LogP contribution < -0.4 is 14.2 Å². The zero-order chi connectivity index (χ0) is 47.4. The number of aliphatic hydroxyl groups excluding tert-OH is 4. The highest BCUT2D eigenvalue weighted by Gasteiger charge is 2.62. The molecule has 0 spiro atoms. The van der Waals surface area contributed by atoms with E-state index in [0.717, 1.165) is 25.2 Å². The van der Waals surface area contributed by atoms with Crippen molar-refractivity contribution in [1.82, 2.24) is 0 Å². The Morgan fingerprint density at radius 2 is 1.12 bits per heavy atom. The van der Waals surface area contributed by atoms with E-state index >= 15 is 0 Å². The van der Waals surface area contributed by atoms with E-state index in [1.807, 2.05) is 0 Å². The van der Waals surface area contributed by atoms with Gasteiger partial charge in [-0.15, -0.1) is 0 Å². The largest absolute Gasteiger partial charge is 0.504 e. The molecular weight excluding hydrogens is 864 g/mol. The summed E-state index contributed by atoms with van der Waals surface area (Å²) in [4.78, 5) is 51.5. The standard InChI is InChI=1S/C44H48O21/c1-23(47)60-41-39(55)40(62-36(52)15-9-25-6-12-28(49)31(18-25)57-3)33(20-45)61-43(41)65-44(22-46)42(63-37(53)16-10-26-7-13-29(50)32(19-26)58-4)38(54)34(64-44)21-59-35(51)14-8-24-5-11-27(48)30(17-24)56-2/h5-19,33-34,38-43,45-46,48-50,54-55H,20-22H2,1-4H3. The molecule has 0 bridgehead atoms. The van der Waals surface area contributed by atoms with Gasteiger partial charge in [-0.1, -0.05) is 18.2 Å². The fraction of sp³-hybridized carbons (Fsp3) is 0.364. The summed E-state index contributed by atoms with van der Waals surface area (Å²) in [5, 5.41) is 74.0. The number of phenols is 3. The summed E-state index contributed by atoms with van der Waals surface area (Å²) in [6.45, 7) is -1.96. The van der Waals surface area contributed by atoms with Gasteiger partial charge in [0, 0.05) is 25.2 Å². The molecule has 65 heavy (non-hydrogen) atoms. The number of ether oxygens (including phenoxy) is 10. The van der Waals surface area contributed by atoms with Crippen LogP contribution >= 0.6 is 0 Å². The Morgan fingerprint density at radius 3 is 1.57 bits per heavy atom. The molecule has 2 aliphatic heterocycles. The molecule has 0 saturated carbocycles. The van der Waals surface area contributed by atoms with Gasteiger partial charge in [0.1, 0.15) is 37.6 Å². The van der Waals surface area contributed by atoms with E-state index in [0.29, 0.717) is 16.7 Å². The number of carbonyl (C=O) groups excluding carboxylic acids is 4. The van der Waals surface area contributed by atoms with Crippen molar-refractivity contribution in [3.05, 3.63) is 89.5 Å². The van der Waals surface area contributed by atoms with Crippen molar-refractivity contribution in [1.29, 1.82) is 0 Å². The van der Waals surface area contributed by atoms with Crippen molar-refractivity contribution in [2.45, 2.75) is 61.7 Å². The number of aromatic hydroxyl groups is 3. The number of aliphatic hydroxyl groups is 4. The highest BCUT2D eigenvalue weighted by molar-refractivity contribution is 5.88. The molecule has 0 aliphatic carbocycles. The van der Waals surface area contributed by atoms with Gasteiger partial charge in [0.05, 0.1) is 27.9 Å². The van der Waals surface area contributed by atoms with Crippen LogP contribution in [-0.2, 0) is 52.3 Å². The van der Waals surface area contributed by atoms with Gasteiger partial charge >= 0.3 is 23.9 Å². The Balaban J connectivity index is 1.40. The fourth-order valence-electron chi connectivity index (χ4n) is 6.63. The Bertz CT molecular complexity index is 2250. The third-order valence-corrected chi connectivity index (χ3v) is 9.84. The second kappa shape index (κ2) is 22.3. The highest BCUT2D eigenvalue weighted by Crippen LogP contribution is 2.39. The van der Waals surface area contributed by atoms with E-state index in [9.17, 15) is 54.9 Å². The van der Waals surface area contributed by atoms with Crippen molar-refractivity contribution >= 4 is 42.1 Å². The topological polar surface area (TPSA) is 302 Å². The number of phenolic OH excluding ortho intramolecular Hbond substituents is 3. The smallest absolute Gasteiger partial charge is 0.331 e. The van der Waals surface area contributed by atoms with E-state index in [1.165, 1.54) is 94.2 Å². The van der Waals surface area contributed by atoms with Gasteiger partial charge in [-0.2, -0.15) is 0 Å². The lowest BCUT2D eigenvalue weighted by atomic mass is 9.98. The minimum atomic E-state index is -2.65. The van der Waals surface area contributed by atoms with E-state index in [4.69, 9.17) is 47.4 Å². The van der Waals surface area contributed by atoms with E-state index in [-0.39, 0.29) is 34.5 Å². The Labute approximate surface area is 370 Å². The first-order chi connectivity index (χ1) is 31.0. The quantitative estimate of drug-likeness (QED) is 0.0534. The molecule has 2 heterocycles. The molecule has 2 fully saturated rings. The Kier molecular flexibility index (Phi) is 16.9. The molecule has 0 radical (unpaired) electrons. The van der Waals surface area contributed by atoms with Crippen LogP contribution in [0.25, 0.3) is 18.2 Å². The van der Waals surface area contributed by atoms with Crippen LogP contribution in [0.15, 0.2) is 72.8 Å². The molecular formula is C44H48O21. The van der Waals surface area contributed by atoms with Gasteiger partial charge in [0.2, 0.25) is 12.1 Å². The third kappa shape index (κ3) is 12.3. The maximum absolute atomic E-state index is 13.3. The maximum atomic E-state index is 13.3. The Morgan fingerprint density at radius 1 is 0.646 bits per heavy atom. The van der Waals surface area contributed by atoms with Crippen molar-refractivity contribution in [2.24, 2.45) is 0 Å². The summed E-state index contributed by atoms with van der Waals surface area (Å²) in [7, 11) is 3.98. The van der Waals surface area contributed by atoms with Crippen LogP contribution in [0.3, 0.4) is 0 Å². The molecule has 3 aromatic rings. The monoisotopic (exact) mass is 912 g/mol. The van der Waals surface area contributed by atoms with Crippen LogP contribution in [0.1, 0.15) is 23.6 Å². The second-order valence-corrected chi connectivity index (χ2v) is 14.2. The lowest BCUT2D eigenvalue weighted by Crippen LogP contribution is -2.64. The van der Waals surface area contributed by atoms with Crippen molar-refractivity contribution in [2.75, 3.05) is 41.2 Å². The highest BCUT2D eigenvalue weighted by atomic mass is 16.8. The molecule has 7 N–H and O–H groups in total. The molecule has 0 aromatic heterocycles. The van der Waals surface area contributed by atoms with Gasteiger partial charge in [-0.25, -0.2) is 14.4 Å². The predicted molar refractivity (Wildman–Crippen MR) is 221 cm³/mol. The summed E-state index contributed by atoms with van der Waals surface area (Å²) in [6, 6.07) is 12.6. The average molecular weight is 913 g/mol. The van der Waals surface area contributed by atoms with Gasteiger partial charge < -0.3 is 83.1 Å². The third-order valence-electron chi connectivity index (χ3n) is 9.84. The average Bonchev–Trinajstić information content (AvgIpc) is 3.55. The van der Waals surface area contributed by atoms with Crippen molar-refractivity contribution < 1.29 is 102 Å². The molecule has 21 nitrogen and oxygen atoms in total. The number of rotatable bonds is 18. The van der Waals surface area contributed by atoms with Gasteiger partial charge in [-0.05, 0) is 71.3 Å². The zero-order valence-electron chi connectivity index (χ0n) is 35.2. The molecule has 9 unspecified atom stereocenters. The molecule has 9 atom stereocenters. The predicted octanol–water partition coefficient (Wildman–Crippen LogP) is 1.11. The van der Waals surface area contributed by atoms with Gasteiger partial charge in [-0.3, -0.25) is 4.79 Å². The lowest BCUT2D eigenvalue weighted by Gasteiger charge is -2.45. The molecule has 2 aliphatic rings. The zero-order valence-corrected chi connectivity index (χ0v) is 35.2. The van der Waals surface area contributed by atoms with Crippen LogP contribution in [-0.4, -0.2) is 156 Å². The summed E-state index contributed by atoms with van der Waals surface area (Å²) in [5.74, 6) is -6.94. The van der Waals surface area contributed by atoms with E-state index in [2.05, 4.69) is 0 Å². The SMILES string of the molecule is COc1cc(C=CC(=O)OCC2OC(CO)(OC3OC(CO)C(OC(=O)C=Cc4ccc(O)c(OC)c4)C(O)C3OC(C)=O)C(OC(=O)C=Cc3ccc(O)c(OC)c3)C2O)ccc1O. The summed E-state index contributed by atoms with van der Waals surface area (Å²) >= 11 is 0. The number of hydrogen-bond donors (Lipinski definition) is 7.